The van der Waals surface area contributed by atoms with Crippen molar-refractivity contribution in [3.63, 3.8) is 0 Å². The minimum atomic E-state index is -0.567. The SMILES string of the molecule is COC(=O)Nc1ccc(OCC(=O)N[C@H](C)c2ccc(F)cc2)cc1. The Bertz CT molecular complexity index is 717. The molecule has 2 aromatic rings. The summed E-state index contributed by atoms with van der Waals surface area (Å²) in [6, 6.07) is 12.2. The van der Waals surface area contributed by atoms with Crippen LogP contribution in [0.5, 0.6) is 5.75 Å². The molecule has 0 unspecified atom stereocenters. The van der Waals surface area contributed by atoms with Crippen molar-refractivity contribution in [1.82, 2.24) is 5.32 Å². The molecular weight excluding hydrogens is 327 g/mol. The topological polar surface area (TPSA) is 76.7 Å². The van der Waals surface area contributed by atoms with Crippen molar-refractivity contribution in [2.75, 3.05) is 19.0 Å². The largest absolute Gasteiger partial charge is 0.484 e. The average Bonchev–Trinajstić information content (AvgIpc) is 2.61. The number of halogens is 1. The van der Waals surface area contributed by atoms with Gasteiger partial charge in [-0.15, -0.1) is 0 Å². The lowest BCUT2D eigenvalue weighted by molar-refractivity contribution is -0.123. The fraction of sp³-hybridized carbons (Fsp3) is 0.222. The molecule has 0 fully saturated rings. The molecule has 0 bridgehead atoms. The minimum Gasteiger partial charge on any atom is -0.484 e. The third-order valence-corrected chi connectivity index (χ3v) is 3.40. The number of methoxy groups -OCH3 is 1. The quantitative estimate of drug-likeness (QED) is 0.842. The van der Waals surface area contributed by atoms with Gasteiger partial charge in [-0.1, -0.05) is 12.1 Å². The number of ether oxygens (including phenoxy) is 2. The van der Waals surface area contributed by atoms with Crippen molar-refractivity contribution < 1.29 is 23.5 Å². The van der Waals surface area contributed by atoms with Crippen molar-refractivity contribution >= 4 is 17.7 Å². The van der Waals surface area contributed by atoms with E-state index in [9.17, 15) is 14.0 Å². The highest BCUT2D eigenvalue weighted by atomic mass is 19.1. The van der Waals surface area contributed by atoms with Gasteiger partial charge in [0.25, 0.3) is 5.91 Å². The third kappa shape index (κ3) is 5.80. The van der Waals surface area contributed by atoms with E-state index >= 15 is 0 Å². The first-order valence-electron chi connectivity index (χ1n) is 7.60. The van der Waals surface area contributed by atoms with Crippen LogP contribution in [0, 0.1) is 5.82 Å². The van der Waals surface area contributed by atoms with E-state index in [0.29, 0.717) is 11.4 Å². The highest BCUT2D eigenvalue weighted by Crippen LogP contribution is 2.16. The summed E-state index contributed by atoms with van der Waals surface area (Å²) in [7, 11) is 1.28. The molecule has 0 aliphatic rings. The van der Waals surface area contributed by atoms with E-state index in [-0.39, 0.29) is 24.4 Å². The maximum Gasteiger partial charge on any atom is 0.411 e. The Morgan fingerprint density at radius 1 is 1.08 bits per heavy atom. The van der Waals surface area contributed by atoms with Gasteiger partial charge >= 0.3 is 6.09 Å². The molecule has 25 heavy (non-hydrogen) atoms. The Balaban J connectivity index is 1.81. The molecule has 2 N–H and O–H groups in total. The third-order valence-electron chi connectivity index (χ3n) is 3.40. The summed E-state index contributed by atoms with van der Waals surface area (Å²) in [6.45, 7) is 1.65. The van der Waals surface area contributed by atoms with Gasteiger partial charge in [0, 0.05) is 5.69 Å². The molecule has 0 spiro atoms. The van der Waals surface area contributed by atoms with Crippen molar-refractivity contribution in [2.45, 2.75) is 13.0 Å². The number of hydrogen-bond donors (Lipinski definition) is 2. The predicted octanol–water partition coefficient (Wildman–Crippen LogP) is 3.26. The van der Waals surface area contributed by atoms with Crippen LogP contribution in [-0.4, -0.2) is 25.7 Å². The minimum absolute atomic E-state index is 0.157. The van der Waals surface area contributed by atoms with E-state index < -0.39 is 6.09 Å². The number of carbonyl (C=O) groups excluding carboxylic acids is 2. The first-order valence-corrected chi connectivity index (χ1v) is 7.60. The van der Waals surface area contributed by atoms with Gasteiger partial charge in [0.15, 0.2) is 6.61 Å². The fourth-order valence-corrected chi connectivity index (χ4v) is 2.07. The molecule has 7 heteroatoms. The summed E-state index contributed by atoms with van der Waals surface area (Å²) in [5, 5.41) is 5.28. The van der Waals surface area contributed by atoms with Gasteiger partial charge in [0.1, 0.15) is 11.6 Å². The zero-order valence-electron chi connectivity index (χ0n) is 13.9. The van der Waals surface area contributed by atoms with Gasteiger partial charge < -0.3 is 14.8 Å². The predicted molar refractivity (Wildman–Crippen MR) is 90.9 cm³/mol. The number of rotatable bonds is 6. The van der Waals surface area contributed by atoms with Gasteiger partial charge in [-0.05, 0) is 48.9 Å². The molecule has 0 saturated carbocycles. The molecule has 1 atom stereocenters. The fourth-order valence-electron chi connectivity index (χ4n) is 2.07. The number of nitrogens with one attached hydrogen (secondary N) is 2. The number of carbonyl (C=O) groups is 2. The molecule has 0 aliphatic heterocycles. The Labute approximate surface area is 144 Å². The Hall–Kier alpha value is -3.09. The zero-order valence-corrected chi connectivity index (χ0v) is 13.9. The monoisotopic (exact) mass is 346 g/mol. The van der Waals surface area contributed by atoms with Crippen LogP contribution in [0.2, 0.25) is 0 Å². The summed E-state index contributed by atoms with van der Waals surface area (Å²) >= 11 is 0. The van der Waals surface area contributed by atoms with Gasteiger partial charge in [-0.25, -0.2) is 9.18 Å². The normalized spacial score (nSPS) is 11.3. The standard InChI is InChI=1S/C18H19FN2O4/c1-12(13-3-5-14(19)6-4-13)20-17(22)11-25-16-9-7-15(8-10-16)21-18(23)24-2/h3-10,12H,11H2,1-2H3,(H,20,22)(H,21,23)/t12-/m1/s1. The van der Waals surface area contributed by atoms with E-state index in [2.05, 4.69) is 15.4 Å². The van der Waals surface area contributed by atoms with E-state index in [1.165, 1.54) is 19.2 Å². The Morgan fingerprint density at radius 2 is 1.72 bits per heavy atom. The Kier molecular flexibility index (Phi) is 6.33. The van der Waals surface area contributed by atoms with Crippen molar-refractivity contribution in [2.24, 2.45) is 0 Å². The highest BCUT2D eigenvalue weighted by Gasteiger charge is 2.10. The number of hydrogen-bond acceptors (Lipinski definition) is 4. The van der Waals surface area contributed by atoms with Gasteiger partial charge in [0.05, 0.1) is 13.2 Å². The first kappa shape index (κ1) is 18.3. The van der Waals surface area contributed by atoms with Crippen LogP contribution in [0.1, 0.15) is 18.5 Å². The molecule has 132 valence electrons. The van der Waals surface area contributed by atoms with Gasteiger partial charge in [-0.3, -0.25) is 10.1 Å². The first-order chi connectivity index (χ1) is 12.0. The molecule has 6 nitrogen and oxygen atoms in total. The van der Waals surface area contributed by atoms with Crippen LogP contribution in [0.3, 0.4) is 0 Å². The van der Waals surface area contributed by atoms with Gasteiger partial charge in [-0.2, -0.15) is 0 Å². The van der Waals surface area contributed by atoms with E-state index in [0.717, 1.165) is 5.56 Å². The van der Waals surface area contributed by atoms with Crippen LogP contribution in [-0.2, 0) is 9.53 Å². The molecule has 0 aliphatic carbocycles. The lowest BCUT2D eigenvalue weighted by atomic mass is 10.1. The molecule has 0 saturated heterocycles. The van der Waals surface area contributed by atoms with Gasteiger partial charge in [0.2, 0.25) is 0 Å². The van der Waals surface area contributed by atoms with E-state index in [1.54, 1.807) is 43.3 Å². The lowest BCUT2D eigenvalue weighted by Crippen LogP contribution is -2.31. The lowest BCUT2D eigenvalue weighted by Gasteiger charge is -2.15. The second-order valence-corrected chi connectivity index (χ2v) is 5.27. The molecule has 0 radical (unpaired) electrons. The van der Waals surface area contributed by atoms with Crippen LogP contribution >= 0.6 is 0 Å². The molecular formula is C18H19FN2O4. The summed E-state index contributed by atoms with van der Waals surface area (Å²) in [4.78, 5) is 23.0. The van der Waals surface area contributed by atoms with Crippen molar-refractivity contribution in [1.29, 1.82) is 0 Å². The second-order valence-electron chi connectivity index (χ2n) is 5.27. The maximum atomic E-state index is 12.9. The maximum absolute atomic E-state index is 12.9. The summed E-state index contributed by atoms with van der Waals surface area (Å²) in [5.41, 5.74) is 1.35. The van der Waals surface area contributed by atoms with Crippen LogP contribution < -0.4 is 15.4 Å². The van der Waals surface area contributed by atoms with Crippen molar-refractivity contribution in [3.8, 4) is 5.75 Å². The zero-order chi connectivity index (χ0) is 18.2. The van der Waals surface area contributed by atoms with E-state index in [4.69, 9.17) is 4.74 Å². The summed E-state index contributed by atoms with van der Waals surface area (Å²) in [5.74, 6) is -0.135. The second kappa shape index (κ2) is 8.68. The average molecular weight is 346 g/mol. The number of anilines is 1. The summed E-state index contributed by atoms with van der Waals surface area (Å²) in [6.07, 6.45) is -0.567. The van der Waals surface area contributed by atoms with Crippen LogP contribution in [0.15, 0.2) is 48.5 Å². The highest BCUT2D eigenvalue weighted by molar-refractivity contribution is 5.84. The Morgan fingerprint density at radius 3 is 2.32 bits per heavy atom. The molecule has 2 aromatic carbocycles. The number of amides is 2. The molecule has 2 rings (SSSR count). The summed E-state index contributed by atoms with van der Waals surface area (Å²) < 4.78 is 22.8. The molecule has 2 amide bonds. The van der Waals surface area contributed by atoms with Crippen LogP contribution in [0.4, 0.5) is 14.9 Å². The number of benzene rings is 2. The molecule has 0 heterocycles. The van der Waals surface area contributed by atoms with E-state index in [1.807, 2.05) is 0 Å². The molecule has 0 aromatic heterocycles. The smallest absolute Gasteiger partial charge is 0.411 e. The van der Waals surface area contributed by atoms with Crippen molar-refractivity contribution in [3.05, 3.63) is 59.9 Å². The van der Waals surface area contributed by atoms with Crippen LogP contribution in [0.25, 0.3) is 0 Å².